The average molecular weight is 457 g/mol. The Labute approximate surface area is 195 Å². The number of aromatic nitrogens is 2. The van der Waals surface area contributed by atoms with Crippen molar-refractivity contribution in [3.63, 3.8) is 0 Å². The third-order valence-electron chi connectivity index (χ3n) is 6.00. The lowest BCUT2D eigenvalue weighted by molar-refractivity contribution is -0.129. The van der Waals surface area contributed by atoms with Gasteiger partial charge in [-0.15, -0.1) is 0 Å². The second-order valence-corrected chi connectivity index (χ2v) is 8.07. The maximum Gasteiger partial charge on any atom is 0.290 e. The molecule has 0 unspecified atom stereocenters. The van der Waals surface area contributed by atoms with Crippen LogP contribution in [0.25, 0.3) is 11.0 Å². The van der Waals surface area contributed by atoms with Gasteiger partial charge < -0.3 is 23.7 Å². The van der Waals surface area contributed by atoms with Gasteiger partial charge in [0, 0.05) is 30.9 Å². The van der Waals surface area contributed by atoms with Gasteiger partial charge in [-0.3, -0.25) is 9.59 Å². The van der Waals surface area contributed by atoms with Gasteiger partial charge in [-0.1, -0.05) is 30.3 Å². The number of para-hydroxylation sites is 1. The van der Waals surface area contributed by atoms with Crippen LogP contribution >= 0.6 is 0 Å². The third kappa shape index (κ3) is 3.83. The van der Waals surface area contributed by atoms with E-state index in [-0.39, 0.29) is 11.3 Å². The Morgan fingerprint density at radius 1 is 1.15 bits per heavy atom. The third-order valence-corrected chi connectivity index (χ3v) is 6.00. The molecule has 3 heterocycles. The van der Waals surface area contributed by atoms with Crippen molar-refractivity contribution < 1.29 is 23.8 Å². The summed E-state index contributed by atoms with van der Waals surface area (Å²) >= 11 is 0. The number of ketones is 1. The standard InChI is InChI=1S/C26H23N3O5/c1-33-19-9-7-17(8-10-19)23-22(24(30)21-15-18-5-2-3-6-20(18)34-21)25(31)26(32)29(23)13-4-12-28-14-11-27-16-28/h2-3,5-11,14-16,23,31H,4,12-13H2,1H3/t23-/m0/s1. The molecule has 1 amide bonds. The molecular formula is C26H23N3O5. The van der Waals surface area contributed by atoms with E-state index in [0.29, 0.717) is 36.4 Å². The second kappa shape index (κ2) is 8.90. The first-order valence-electron chi connectivity index (χ1n) is 10.9. The molecule has 0 fully saturated rings. The summed E-state index contributed by atoms with van der Waals surface area (Å²) in [7, 11) is 1.57. The Bertz CT molecular complexity index is 1340. The summed E-state index contributed by atoms with van der Waals surface area (Å²) in [4.78, 5) is 32.2. The quantitative estimate of drug-likeness (QED) is 0.396. The largest absolute Gasteiger partial charge is 0.503 e. The van der Waals surface area contributed by atoms with E-state index in [1.807, 2.05) is 29.0 Å². The van der Waals surface area contributed by atoms with Crippen molar-refractivity contribution in [2.45, 2.75) is 19.0 Å². The van der Waals surface area contributed by atoms with Gasteiger partial charge in [-0.25, -0.2) is 4.98 Å². The van der Waals surface area contributed by atoms with E-state index in [1.165, 1.54) is 4.90 Å². The second-order valence-electron chi connectivity index (χ2n) is 8.07. The molecule has 1 aliphatic rings. The summed E-state index contributed by atoms with van der Waals surface area (Å²) in [5, 5.41) is 11.6. The summed E-state index contributed by atoms with van der Waals surface area (Å²) in [6.45, 7) is 0.988. The molecule has 1 atom stereocenters. The Hall–Kier alpha value is -4.33. The summed E-state index contributed by atoms with van der Waals surface area (Å²) < 4.78 is 12.9. The van der Waals surface area contributed by atoms with Crippen molar-refractivity contribution in [1.82, 2.24) is 14.5 Å². The number of methoxy groups -OCH3 is 1. The van der Waals surface area contributed by atoms with Gasteiger partial charge in [-0.2, -0.15) is 0 Å². The minimum Gasteiger partial charge on any atom is -0.503 e. The topological polar surface area (TPSA) is 97.8 Å². The summed E-state index contributed by atoms with van der Waals surface area (Å²) in [5.74, 6) is -0.910. The molecule has 0 saturated heterocycles. The van der Waals surface area contributed by atoms with E-state index >= 15 is 0 Å². The number of imidazole rings is 1. The number of aliphatic hydroxyl groups is 1. The number of rotatable bonds is 8. The van der Waals surface area contributed by atoms with Crippen molar-refractivity contribution in [2.24, 2.45) is 0 Å². The van der Waals surface area contributed by atoms with E-state index in [9.17, 15) is 14.7 Å². The zero-order valence-corrected chi connectivity index (χ0v) is 18.5. The van der Waals surface area contributed by atoms with Crippen LogP contribution in [0.5, 0.6) is 5.75 Å². The molecular weight excluding hydrogens is 434 g/mol. The van der Waals surface area contributed by atoms with Gasteiger partial charge >= 0.3 is 0 Å². The summed E-state index contributed by atoms with van der Waals surface area (Å²) in [5.41, 5.74) is 1.27. The Balaban J connectivity index is 1.50. The number of hydrogen-bond donors (Lipinski definition) is 1. The molecule has 4 aromatic rings. The van der Waals surface area contributed by atoms with E-state index in [4.69, 9.17) is 9.15 Å². The average Bonchev–Trinajstić information content (AvgIpc) is 3.59. The molecule has 0 bridgehead atoms. The predicted molar refractivity (Wildman–Crippen MR) is 124 cm³/mol. The Morgan fingerprint density at radius 3 is 2.65 bits per heavy atom. The maximum absolute atomic E-state index is 13.6. The minimum atomic E-state index is -0.748. The lowest BCUT2D eigenvalue weighted by atomic mass is 9.95. The molecule has 5 rings (SSSR count). The summed E-state index contributed by atoms with van der Waals surface area (Å²) in [6.07, 6.45) is 5.87. The number of carbonyl (C=O) groups is 2. The molecule has 8 heteroatoms. The van der Waals surface area contributed by atoms with Gasteiger partial charge in [0.2, 0.25) is 5.78 Å². The van der Waals surface area contributed by atoms with Gasteiger partial charge in [-0.05, 0) is 36.2 Å². The van der Waals surface area contributed by atoms with Crippen LogP contribution in [0.2, 0.25) is 0 Å². The molecule has 2 aromatic carbocycles. The molecule has 34 heavy (non-hydrogen) atoms. The number of amides is 1. The van der Waals surface area contributed by atoms with Gasteiger partial charge in [0.1, 0.15) is 11.3 Å². The maximum atomic E-state index is 13.6. The normalized spacial score (nSPS) is 16.0. The summed E-state index contributed by atoms with van der Waals surface area (Å²) in [6, 6.07) is 15.3. The first kappa shape index (κ1) is 21.5. The number of Topliss-reactive ketones (excluding diaryl/α,β-unsaturated/α-hetero) is 1. The molecule has 1 N–H and O–H groups in total. The number of furan rings is 1. The van der Waals surface area contributed by atoms with Crippen LogP contribution in [-0.2, 0) is 11.3 Å². The van der Waals surface area contributed by atoms with Crippen LogP contribution in [0.4, 0.5) is 0 Å². The molecule has 0 spiro atoms. The van der Waals surface area contributed by atoms with Gasteiger partial charge in [0.05, 0.1) is 25.1 Å². The highest BCUT2D eigenvalue weighted by Crippen LogP contribution is 2.40. The van der Waals surface area contributed by atoms with Crippen LogP contribution in [-0.4, -0.2) is 44.9 Å². The highest BCUT2D eigenvalue weighted by Gasteiger charge is 2.44. The number of aryl methyl sites for hydroxylation is 1. The number of aliphatic hydroxyl groups excluding tert-OH is 1. The number of hydrogen-bond acceptors (Lipinski definition) is 6. The molecule has 0 saturated carbocycles. The minimum absolute atomic E-state index is 0.0110. The number of fused-ring (bicyclic) bond motifs is 1. The molecule has 8 nitrogen and oxygen atoms in total. The van der Waals surface area contributed by atoms with Crippen LogP contribution in [0.15, 0.2) is 89.1 Å². The van der Waals surface area contributed by atoms with Gasteiger partial charge in [0.25, 0.3) is 5.91 Å². The molecule has 0 radical (unpaired) electrons. The lowest BCUT2D eigenvalue weighted by Gasteiger charge is -2.27. The van der Waals surface area contributed by atoms with Crippen molar-refractivity contribution >= 4 is 22.7 Å². The Morgan fingerprint density at radius 2 is 1.94 bits per heavy atom. The van der Waals surface area contributed by atoms with Crippen molar-refractivity contribution in [2.75, 3.05) is 13.7 Å². The molecule has 1 aliphatic heterocycles. The van der Waals surface area contributed by atoms with Gasteiger partial charge in [0.15, 0.2) is 11.5 Å². The highest BCUT2D eigenvalue weighted by atomic mass is 16.5. The van der Waals surface area contributed by atoms with E-state index in [0.717, 1.165) is 5.39 Å². The van der Waals surface area contributed by atoms with Crippen molar-refractivity contribution in [1.29, 1.82) is 0 Å². The van der Waals surface area contributed by atoms with E-state index < -0.39 is 23.5 Å². The first-order chi connectivity index (χ1) is 16.6. The smallest absolute Gasteiger partial charge is 0.290 e. The highest BCUT2D eigenvalue weighted by molar-refractivity contribution is 6.16. The molecule has 172 valence electrons. The zero-order chi connectivity index (χ0) is 23.7. The molecule has 0 aliphatic carbocycles. The number of benzene rings is 2. The van der Waals surface area contributed by atoms with E-state index in [2.05, 4.69) is 4.98 Å². The van der Waals surface area contributed by atoms with E-state index in [1.54, 1.807) is 56.0 Å². The van der Waals surface area contributed by atoms with Crippen LogP contribution in [0, 0.1) is 0 Å². The SMILES string of the molecule is COc1ccc([C@H]2C(C(=O)c3cc4ccccc4o3)=C(O)C(=O)N2CCCn2ccnc2)cc1. The molecule has 2 aromatic heterocycles. The predicted octanol–water partition coefficient (Wildman–Crippen LogP) is 4.31. The number of nitrogens with zero attached hydrogens (tertiary/aromatic N) is 3. The fraction of sp³-hybridized carbons (Fsp3) is 0.192. The fourth-order valence-corrected chi connectivity index (χ4v) is 4.32. The first-order valence-corrected chi connectivity index (χ1v) is 10.9. The van der Waals surface area contributed by atoms with Crippen LogP contribution < -0.4 is 4.74 Å². The lowest BCUT2D eigenvalue weighted by Crippen LogP contribution is -2.32. The number of carbonyl (C=O) groups excluding carboxylic acids is 2. The zero-order valence-electron chi connectivity index (χ0n) is 18.5. The van der Waals surface area contributed by atoms with Crippen LogP contribution in [0.3, 0.4) is 0 Å². The Kier molecular flexibility index (Phi) is 5.63. The monoisotopic (exact) mass is 457 g/mol. The van der Waals surface area contributed by atoms with Crippen molar-refractivity contribution in [3.8, 4) is 5.75 Å². The van der Waals surface area contributed by atoms with Crippen molar-refractivity contribution in [3.05, 3.63) is 96.0 Å². The number of ether oxygens (including phenoxy) is 1. The van der Waals surface area contributed by atoms with Crippen LogP contribution in [0.1, 0.15) is 28.6 Å². The fourth-order valence-electron chi connectivity index (χ4n) is 4.32.